The van der Waals surface area contributed by atoms with Crippen LogP contribution in [0.25, 0.3) is 0 Å². The molecule has 0 spiro atoms. The van der Waals surface area contributed by atoms with Gasteiger partial charge >= 0.3 is 0 Å². The van der Waals surface area contributed by atoms with Crippen LogP contribution < -0.4 is 15.5 Å². The average Bonchev–Trinajstić information content (AvgIpc) is 2.74. The molecule has 0 atom stereocenters. The molecule has 1 fully saturated rings. The monoisotopic (exact) mass is 296 g/mol. The van der Waals surface area contributed by atoms with Gasteiger partial charge in [0, 0.05) is 31.7 Å². The van der Waals surface area contributed by atoms with Gasteiger partial charge in [-0.2, -0.15) is 0 Å². The van der Waals surface area contributed by atoms with Crippen molar-refractivity contribution in [1.29, 1.82) is 0 Å². The number of hydrogen-bond donors (Lipinski definition) is 2. The van der Waals surface area contributed by atoms with Crippen LogP contribution in [0.3, 0.4) is 0 Å². The third-order valence-electron chi connectivity index (χ3n) is 2.74. The van der Waals surface area contributed by atoms with Crippen LogP contribution in [0, 0.1) is 6.92 Å². The molecule has 2 N–H and O–H groups in total. The van der Waals surface area contributed by atoms with Crippen LogP contribution in [0.5, 0.6) is 0 Å². The Morgan fingerprint density at radius 3 is 2.47 bits per heavy atom. The van der Waals surface area contributed by atoms with Gasteiger partial charge in [-0.15, -0.1) is 0 Å². The second-order valence-electron chi connectivity index (χ2n) is 4.25. The highest BCUT2D eigenvalue weighted by molar-refractivity contribution is 9.10. The quantitative estimate of drug-likeness (QED) is 0.877. The minimum Gasteiger partial charge on any atom is -0.376 e. The second-order valence-corrected chi connectivity index (χ2v) is 5.10. The first-order valence-electron chi connectivity index (χ1n) is 5.62. The van der Waals surface area contributed by atoms with Crippen LogP contribution in [-0.2, 0) is 0 Å². The molecular formula is C12H17BrN4. The fourth-order valence-electron chi connectivity index (χ4n) is 1.95. The lowest BCUT2D eigenvalue weighted by Gasteiger charge is -2.19. The Balaban J connectivity index is 2.42. The summed E-state index contributed by atoms with van der Waals surface area (Å²) in [5, 5.41) is 6.42. The van der Waals surface area contributed by atoms with Gasteiger partial charge in [0.25, 0.3) is 0 Å². The molecule has 2 rings (SSSR count). The maximum absolute atomic E-state index is 4.59. The van der Waals surface area contributed by atoms with Gasteiger partial charge in [-0.25, -0.2) is 4.99 Å². The number of halogens is 1. The van der Waals surface area contributed by atoms with Gasteiger partial charge in [-0.3, -0.25) is 0 Å². The smallest absolute Gasteiger partial charge is 0.196 e. The van der Waals surface area contributed by atoms with Crippen molar-refractivity contribution in [2.75, 3.05) is 32.1 Å². The molecule has 1 aliphatic rings. The molecule has 0 saturated carbocycles. The summed E-state index contributed by atoms with van der Waals surface area (Å²) in [7, 11) is 4.08. The van der Waals surface area contributed by atoms with Crippen LogP contribution in [0.4, 0.5) is 11.4 Å². The van der Waals surface area contributed by atoms with Gasteiger partial charge in [0.15, 0.2) is 5.96 Å². The molecule has 92 valence electrons. The van der Waals surface area contributed by atoms with E-state index in [2.05, 4.69) is 43.4 Å². The lowest BCUT2D eigenvalue weighted by Crippen LogP contribution is -2.23. The lowest BCUT2D eigenvalue weighted by molar-refractivity contribution is 0.942. The predicted molar refractivity (Wildman–Crippen MR) is 76.3 cm³/mol. The van der Waals surface area contributed by atoms with Crippen molar-refractivity contribution in [1.82, 2.24) is 10.6 Å². The molecule has 5 heteroatoms. The Morgan fingerprint density at radius 2 is 1.88 bits per heavy atom. The molecule has 0 aliphatic carbocycles. The summed E-state index contributed by atoms with van der Waals surface area (Å²) in [5.74, 6) is 0.861. The normalized spacial score (nSPS) is 14.2. The van der Waals surface area contributed by atoms with Crippen LogP contribution in [0.2, 0.25) is 0 Å². The van der Waals surface area contributed by atoms with Crippen molar-refractivity contribution in [3.8, 4) is 0 Å². The molecule has 0 aromatic heterocycles. The van der Waals surface area contributed by atoms with E-state index in [-0.39, 0.29) is 0 Å². The molecule has 1 heterocycles. The third kappa shape index (κ3) is 2.54. The predicted octanol–water partition coefficient (Wildman–Crippen LogP) is 2.00. The summed E-state index contributed by atoms with van der Waals surface area (Å²) in [6.45, 7) is 3.97. The van der Waals surface area contributed by atoms with Gasteiger partial charge in [-0.1, -0.05) is 0 Å². The van der Waals surface area contributed by atoms with Crippen molar-refractivity contribution in [3.63, 3.8) is 0 Å². The molecule has 0 unspecified atom stereocenters. The number of anilines is 1. The summed E-state index contributed by atoms with van der Waals surface area (Å²) in [6, 6.07) is 4.07. The first-order valence-corrected chi connectivity index (χ1v) is 6.42. The van der Waals surface area contributed by atoms with E-state index in [1.54, 1.807) is 0 Å². The first kappa shape index (κ1) is 12.2. The first-order chi connectivity index (χ1) is 8.09. The van der Waals surface area contributed by atoms with Gasteiger partial charge in [-0.05, 0) is 40.5 Å². The largest absolute Gasteiger partial charge is 0.376 e. The Morgan fingerprint density at radius 1 is 1.24 bits per heavy atom. The lowest BCUT2D eigenvalue weighted by atomic mass is 10.1. The minimum atomic E-state index is 0.861. The SMILES string of the molecule is Cc1c(N=C2NCCN2)ccc(Br)c1N(C)C. The molecule has 1 aliphatic heterocycles. The van der Waals surface area contributed by atoms with E-state index in [0.29, 0.717) is 0 Å². The van der Waals surface area contributed by atoms with Crippen LogP contribution >= 0.6 is 15.9 Å². The van der Waals surface area contributed by atoms with Crippen molar-refractivity contribution in [3.05, 3.63) is 22.2 Å². The summed E-state index contributed by atoms with van der Waals surface area (Å²) in [6.07, 6.45) is 0. The molecule has 0 bridgehead atoms. The van der Waals surface area contributed by atoms with Crippen LogP contribution in [-0.4, -0.2) is 33.1 Å². The highest BCUT2D eigenvalue weighted by Gasteiger charge is 2.11. The zero-order valence-electron chi connectivity index (χ0n) is 10.3. The number of hydrogen-bond acceptors (Lipinski definition) is 2. The Kier molecular flexibility index (Phi) is 3.57. The van der Waals surface area contributed by atoms with Gasteiger partial charge < -0.3 is 15.5 Å². The molecule has 0 amide bonds. The fraction of sp³-hybridized carbons (Fsp3) is 0.417. The van der Waals surface area contributed by atoms with E-state index in [4.69, 9.17) is 0 Å². The van der Waals surface area contributed by atoms with E-state index in [1.165, 1.54) is 11.3 Å². The Hall–Kier alpha value is -1.23. The van der Waals surface area contributed by atoms with Gasteiger partial charge in [0.1, 0.15) is 0 Å². The maximum Gasteiger partial charge on any atom is 0.196 e. The number of nitrogens with zero attached hydrogens (tertiary/aromatic N) is 2. The van der Waals surface area contributed by atoms with Crippen molar-refractivity contribution in [2.45, 2.75) is 6.92 Å². The number of benzene rings is 1. The molecule has 1 aromatic rings. The van der Waals surface area contributed by atoms with E-state index in [0.717, 1.165) is 29.2 Å². The van der Waals surface area contributed by atoms with Crippen molar-refractivity contribution < 1.29 is 0 Å². The molecular weight excluding hydrogens is 280 g/mol. The van der Waals surface area contributed by atoms with E-state index in [9.17, 15) is 0 Å². The second kappa shape index (κ2) is 4.96. The standard InChI is InChI=1S/C12H17BrN4/c1-8-10(16-12-14-6-7-15-12)5-4-9(13)11(8)17(2)3/h4-5H,6-7H2,1-3H3,(H2,14,15,16). The number of nitrogens with one attached hydrogen (secondary N) is 2. The third-order valence-corrected chi connectivity index (χ3v) is 3.38. The van der Waals surface area contributed by atoms with Crippen molar-refractivity contribution >= 4 is 33.3 Å². The van der Waals surface area contributed by atoms with Crippen molar-refractivity contribution in [2.24, 2.45) is 4.99 Å². The van der Waals surface area contributed by atoms with Crippen LogP contribution in [0.15, 0.2) is 21.6 Å². The molecule has 1 aromatic carbocycles. The summed E-state index contributed by atoms with van der Waals surface area (Å²) >= 11 is 3.57. The zero-order valence-corrected chi connectivity index (χ0v) is 11.9. The number of guanidine groups is 1. The van der Waals surface area contributed by atoms with Gasteiger partial charge in [0.2, 0.25) is 0 Å². The van der Waals surface area contributed by atoms with E-state index < -0.39 is 0 Å². The average molecular weight is 297 g/mol. The highest BCUT2D eigenvalue weighted by Crippen LogP contribution is 2.34. The fourth-order valence-corrected chi connectivity index (χ4v) is 2.73. The Labute approximate surface area is 110 Å². The summed E-state index contributed by atoms with van der Waals surface area (Å²) < 4.78 is 1.09. The molecule has 0 radical (unpaired) electrons. The summed E-state index contributed by atoms with van der Waals surface area (Å²) in [4.78, 5) is 6.68. The van der Waals surface area contributed by atoms with E-state index >= 15 is 0 Å². The van der Waals surface area contributed by atoms with E-state index in [1.807, 2.05) is 26.2 Å². The van der Waals surface area contributed by atoms with Crippen LogP contribution in [0.1, 0.15) is 5.56 Å². The number of aliphatic imine (C=N–C) groups is 1. The Bertz CT molecular complexity index is 446. The molecule has 1 saturated heterocycles. The number of rotatable bonds is 2. The summed E-state index contributed by atoms with van der Waals surface area (Å²) in [5.41, 5.74) is 3.34. The van der Waals surface area contributed by atoms with Gasteiger partial charge in [0.05, 0.1) is 11.4 Å². The molecule has 17 heavy (non-hydrogen) atoms. The molecule has 4 nitrogen and oxygen atoms in total. The topological polar surface area (TPSA) is 39.7 Å². The minimum absolute atomic E-state index is 0.861. The maximum atomic E-state index is 4.59. The zero-order chi connectivity index (χ0) is 12.4. The highest BCUT2D eigenvalue weighted by atomic mass is 79.9.